The van der Waals surface area contributed by atoms with Crippen molar-refractivity contribution in [2.24, 2.45) is 0 Å². The Morgan fingerprint density at radius 1 is 1.33 bits per heavy atom. The zero-order chi connectivity index (χ0) is 16.8. The molecule has 1 aliphatic heterocycles. The highest BCUT2D eigenvalue weighted by atomic mass is 32.1. The quantitative estimate of drug-likeness (QED) is 0.838. The molecule has 2 heterocycles. The van der Waals surface area contributed by atoms with Crippen LogP contribution in [-0.4, -0.2) is 37.6 Å². The molecule has 1 aliphatic rings. The largest absolute Gasteiger partial charge is 0.496 e. The molecule has 1 amide bonds. The van der Waals surface area contributed by atoms with Crippen molar-refractivity contribution in [1.29, 1.82) is 0 Å². The van der Waals surface area contributed by atoms with Crippen LogP contribution in [0.1, 0.15) is 29.3 Å². The fourth-order valence-corrected chi connectivity index (χ4v) is 4.20. The van der Waals surface area contributed by atoms with Gasteiger partial charge in [-0.3, -0.25) is 9.69 Å². The predicted octanol–water partition coefficient (Wildman–Crippen LogP) is 3.25. The van der Waals surface area contributed by atoms with Crippen LogP contribution in [0.25, 0.3) is 0 Å². The van der Waals surface area contributed by atoms with Crippen LogP contribution in [0.15, 0.2) is 41.8 Å². The lowest BCUT2D eigenvalue weighted by Crippen LogP contribution is -2.37. The second-order valence-electron chi connectivity index (χ2n) is 6.06. The van der Waals surface area contributed by atoms with E-state index in [0.29, 0.717) is 19.1 Å². The number of benzene rings is 1. The molecule has 1 atom stereocenters. The van der Waals surface area contributed by atoms with Crippen LogP contribution in [0.5, 0.6) is 5.75 Å². The van der Waals surface area contributed by atoms with E-state index >= 15 is 0 Å². The third-order valence-corrected chi connectivity index (χ3v) is 5.46. The van der Waals surface area contributed by atoms with Gasteiger partial charge in [-0.05, 0) is 48.9 Å². The lowest BCUT2D eigenvalue weighted by atomic mass is 10.1. The topological polar surface area (TPSA) is 41.6 Å². The Labute approximate surface area is 147 Å². The molecule has 1 fully saturated rings. The second kappa shape index (κ2) is 8.31. The first kappa shape index (κ1) is 17.0. The van der Waals surface area contributed by atoms with Gasteiger partial charge in [0.2, 0.25) is 5.91 Å². The standard InChI is InChI=1S/C19H24N2O2S/c1-23-17-8-3-2-6-15(17)10-11-20-19(22)14-21-12-4-7-16(21)18-9-5-13-24-18/h2-3,5-6,8-9,13,16H,4,7,10-12,14H2,1H3,(H,20,22)/t16-/m0/s1. The van der Waals surface area contributed by atoms with Gasteiger partial charge in [-0.25, -0.2) is 0 Å². The minimum absolute atomic E-state index is 0.105. The number of para-hydroxylation sites is 1. The van der Waals surface area contributed by atoms with Crippen LogP contribution in [0.2, 0.25) is 0 Å². The summed E-state index contributed by atoms with van der Waals surface area (Å²) in [6, 6.07) is 12.6. The highest BCUT2D eigenvalue weighted by molar-refractivity contribution is 7.10. The van der Waals surface area contributed by atoms with E-state index in [0.717, 1.165) is 37.1 Å². The summed E-state index contributed by atoms with van der Waals surface area (Å²) in [6.45, 7) is 2.12. The van der Waals surface area contributed by atoms with Crippen LogP contribution in [0, 0.1) is 0 Å². The number of carbonyl (C=O) groups is 1. The minimum Gasteiger partial charge on any atom is -0.496 e. The number of methoxy groups -OCH3 is 1. The van der Waals surface area contributed by atoms with Crippen molar-refractivity contribution in [2.75, 3.05) is 26.7 Å². The first-order valence-corrected chi connectivity index (χ1v) is 9.32. The van der Waals surface area contributed by atoms with E-state index in [1.807, 2.05) is 24.3 Å². The van der Waals surface area contributed by atoms with Crippen LogP contribution in [0.3, 0.4) is 0 Å². The van der Waals surface area contributed by atoms with Crippen LogP contribution < -0.4 is 10.1 Å². The van der Waals surface area contributed by atoms with Crippen LogP contribution >= 0.6 is 11.3 Å². The van der Waals surface area contributed by atoms with Gasteiger partial charge in [0.05, 0.1) is 13.7 Å². The van der Waals surface area contributed by atoms with Gasteiger partial charge in [-0.15, -0.1) is 11.3 Å². The number of nitrogens with zero attached hydrogens (tertiary/aromatic N) is 1. The summed E-state index contributed by atoms with van der Waals surface area (Å²) in [5.41, 5.74) is 1.12. The summed E-state index contributed by atoms with van der Waals surface area (Å²) in [6.07, 6.45) is 3.09. The third kappa shape index (κ3) is 4.16. The number of hydrogen-bond donors (Lipinski definition) is 1. The highest BCUT2D eigenvalue weighted by Gasteiger charge is 2.27. The van der Waals surface area contributed by atoms with Crippen molar-refractivity contribution in [1.82, 2.24) is 10.2 Å². The molecule has 1 saturated heterocycles. The van der Waals surface area contributed by atoms with Gasteiger partial charge in [0, 0.05) is 17.5 Å². The molecule has 1 aromatic heterocycles. The number of thiophene rings is 1. The van der Waals surface area contributed by atoms with E-state index < -0.39 is 0 Å². The van der Waals surface area contributed by atoms with Crippen LogP contribution in [-0.2, 0) is 11.2 Å². The summed E-state index contributed by atoms with van der Waals surface area (Å²) >= 11 is 1.78. The van der Waals surface area contributed by atoms with Crippen LogP contribution in [0.4, 0.5) is 0 Å². The Balaban J connectivity index is 1.47. The Bertz CT molecular complexity index is 657. The van der Waals surface area contributed by atoms with E-state index in [9.17, 15) is 4.79 Å². The zero-order valence-electron chi connectivity index (χ0n) is 14.0. The molecule has 24 heavy (non-hydrogen) atoms. The first-order chi connectivity index (χ1) is 11.8. The maximum Gasteiger partial charge on any atom is 0.234 e. The molecular weight excluding hydrogens is 320 g/mol. The normalized spacial score (nSPS) is 17.8. The number of carbonyl (C=O) groups excluding carboxylic acids is 1. The van der Waals surface area contributed by atoms with Crippen molar-refractivity contribution in [3.63, 3.8) is 0 Å². The molecule has 4 nitrogen and oxygen atoms in total. The van der Waals surface area contributed by atoms with Gasteiger partial charge >= 0.3 is 0 Å². The monoisotopic (exact) mass is 344 g/mol. The molecule has 128 valence electrons. The number of rotatable bonds is 7. The lowest BCUT2D eigenvalue weighted by Gasteiger charge is -2.22. The van der Waals surface area contributed by atoms with E-state index in [1.54, 1.807) is 18.4 Å². The van der Waals surface area contributed by atoms with E-state index in [-0.39, 0.29) is 5.91 Å². The summed E-state index contributed by atoms with van der Waals surface area (Å²) in [4.78, 5) is 15.9. The molecule has 3 rings (SSSR count). The maximum atomic E-state index is 12.3. The number of hydrogen-bond acceptors (Lipinski definition) is 4. The summed E-state index contributed by atoms with van der Waals surface area (Å²) in [5, 5.41) is 5.15. The van der Waals surface area contributed by atoms with Gasteiger partial charge in [0.15, 0.2) is 0 Å². The fraction of sp³-hybridized carbons (Fsp3) is 0.421. The molecule has 5 heteroatoms. The molecule has 0 bridgehead atoms. The molecule has 0 unspecified atom stereocenters. The highest BCUT2D eigenvalue weighted by Crippen LogP contribution is 2.33. The SMILES string of the molecule is COc1ccccc1CCNC(=O)CN1CCC[C@H]1c1cccs1. The molecule has 0 radical (unpaired) electrons. The predicted molar refractivity (Wildman–Crippen MR) is 97.6 cm³/mol. The number of ether oxygens (including phenoxy) is 1. The number of likely N-dealkylation sites (tertiary alicyclic amines) is 1. The Morgan fingerprint density at radius 2 is 2.21 bits per heavy atom. The average Bonchev–Trinajstić information content (AvgIpc) is 3.26. The Kier molecular flexibility index (Phi) is 5.88. The summed E-state index contributed by atoms with van der Waals surface area (Å²) in [5.74, 6) is 0.984. The Hall–Kier alpha value is -1.85. The fourth-order valence-electron chi connectivity index (χ4n) is 3.30. The zero-order valence-corrected chi connectivity index (χ0v) is 14.8. The summed E-state index contributed by atoms with van der Waals surface area (Å²) < 4.78 is 5.35. The number of amides is 1. The van der Waals surface area contributed by atoms with E-state index in [2.05, 4.69) is 27.7 Å². The molecule has 1 N–H and O–H groups in total. The number of nitrogens with one attached hydrogen (secondary N) is 1. The summed E-state index contributed by atoms with van der Waals surface area (Å²) in [7, 11) is 1.68. The Morgan fingerprint density at radius 3 is 3.00 bits per heavy atom. The molecule has 2 aromatic rings. The molecule has 1 aromatic carbocycles. The molecule has 0 spiro atoms. The van der Waals surface area contributed by atoms with Crippen molar-refractivity contribution < 1.29 is 9.53 Å². The van der Waals surface area contributed by atoms with Gasteiger partial charge in [0.25, 0.3) is 0 Å². The molecule has 0 aliphatic carbocycles. The average molecular weight is 344 g/mol. The smallest absolute Gasteiger partial charge is 0.234 e. The van der Waals surface area contributed by atoms with Crippen molar-refractivity contribution in [2.45, 2.75) is 25.3 Å². The maximum absolute atomic E-state index is 12.3. The van der Waals surface area contributed by atoms with Gasteiger partial charge in [0.1, 0.15) is 5.75 Å². The molecule has 0 saturated carbocycles. The van der Waals surface area contributed by atoms with Gasteiger partial charge in [-0.1, -0.05) is 24.3 Å². The second-order valence-corrected chi connectivity index (χ2v) is 7.03. The first-order valence-electron chi connectivity index (χ1n) is 8.44. The van der Waals surface area contributed by atoms with Crippen molar-refractivity contribution >= 4 is 17.2 Å². The third-order valence-electron chi connectivity index (χ3n) is 4.49. The van der Waals surface area contributed by atoms with Gasteiger partial charge < -0.3 is 10.1 Å². The lowest BCUT2D eigenvalue weighted by molar-refractivity contribution is -0.122. The van der Waals surface area contributed by atoms with E-state index in [1.165, 1.54) is 4.88 Å². The van der Waals surface area contributed by atoms with Crippen molar-refractivity contribution in [3.8, 4) is 5.75 Å². The van der Waals surface area contributed by atoms with E-state index in [4.69, 9.17) is 4.74 Å². The molecular formula is C19H24N2O2S. The van der Waals surface area contributed by atoms with Crippen molar-refractivity contribution in [3.05, 3.63) is 52.2 Å². The van der Waals surface area contributed by atoms with Gasteiger partial charge in [-0.2, -0.15) is 0 Å². The minimum atomic E-state index is 0.105.